The van der Waals surface area contributed by atoms with Gasteiger partial charge in [0, 0.05) is 10.9 Å². The van der Waals surface area contributed by atoms with E-state index in [9.17, 15) is 5.11 Å². The maximum Gasteiger partial charge on any atom is 0.197 e. The molecule has 4 aromatic rings. The number of para-hydroxylation sites is 1. The Morgan fingerprint density at radius 3 is 2.84 bits per heavy atom. The van der Waals surface area contributed by atoms with Gasteiger partial charge in [-0.15, -0.1) is 0 Å². The number of hydrogen-bond donors (Lipinski definition) is 3. The molecule has 0 unspecified atom stereocenters. The SMILES string of the molecule is C/C(=N\Nc1ncnc2c1oc1ccccc12)c1ccc(O)c(C[NH+]2CCCCC2)c1. The molecule has 0 atom stereocenters. The van der Waals surface area contributed by atoms with Crippen molar-refractivity contribution < 1.29 is 14.4 Å². The first-order chi connectivity index (χ1) is 15.2. The van der Waals surface area contributed by atoms with Gasteiger partial charge in [0.1, 0.15) is 29.7 Å². The number of rotatable bonds is 5. The van der Waals surface area contributed by atoms with E-state index in [1.807, 2.05) is 43.3 Å². The molecule has 7 heteroatoms. The number of aromatic nitrogens is 2. The van der Waals surface area contributed by atoms with Crippen LogP contribution in [0, 0.1) is 0 Å². The van der Waals surface area contributed by atoms with Crippen LogP contribution in [0.3, 0.4) is 0 Å². The molecule has 3 heterocycles. The third-order valence-corrected chi connectivity index (χ3v) is 5.99. The molecule has 0 aliphatic carbocycles. The number of hydrogen-bond acceptors (Lipinski definition) is 6. The molecule has 5 rings (SSSR count). The van der Waals surface area contributed by atoms with Crippen LogP contribution in [-0.2, 0) is 6.54 Å². The summed E-state index contributed by atoms with van der Waals surface area (Å²) in [5.41, 5.74) is 7.88. The fourth-order valence-electron chi connectivity index (χ4n) is 4.25. The molecule has 0 spiro atoms. The number of phenols is 1. The monoisotopic (exact) mass is 416 g/mol. The van der Waals surface area contributed by atoms with Crippen LogP contribution in [0.2, 0.25) is 0 Å². The van der Waals surface area contributed by atoms with Gasteiger partial charge in [0.15, 0.2) is 11.4 Å². The van der Waals surface area contributed by atoms with E-state index in [2.05, 4.69) is 20.5 Å². The third kappa shape index (κ3) is 3.96. The Morgan fingerprint density at radius 1 is 1.13 bits per heavy atom. The number of quaternary nitrogens is 1. The van der Waals surface area contributed by atoms with Gasteiger partial charge in [-0.1, -0.05) is 12.1 Å². The number of aromatic hydroxyl groups is 1. The van der Waals surface area contributed by atoms with Crippen LogP contribution in [0.15, 0.2) is 58.3 Å². The number of nitrogens with one attached hydrogen (secondary N) is 2. The Morgan fingerprint density at radius 2 is 1.97 bits per heavy atom. The van der Waals surface area contributed by atoms with Crippen molar-refractivity contribution in [3.63, 3.8) is 0 Å². The lowest BCUT2D eigenvalue weighted by Gasteiger charge is -2.24. The number of anilines is 1. The molecule has 0 bridgehead atoms. The Bertz CT molecular complexity index is 1260. The first kappa shape index (κ1) is 19.5. The van der Waals surface area contributed by atoms with Gasteiger partial charge in [0.2, 0.25) is 0 Å². The Kier molecular flexibility index (Phi) is 5.26. The van der Waals surface area contributed by atoms with Gasteiger partial charge in [-0.2, -0.15) is 5.10 Å². The number of likely N-dealkylation sites (tertiary alicyclic amines) is 1. The fraction of sp³-hybridized carbons (Fsp3) is 0.292. The van der Waals surface area contributed by atoms with Crippen LogP contribution in [-0.4, -0.2) is 33.9 Å². The zero-order chi connectivity index (χ0) is 21.2. The summed E-state index contributed by atoms with van der Waals surface area (Å²) in [5, 5.41) is 15.8. The van der Waals surface area contributed by atoms with E-state index >= 15 is 0 Å². The molecule has 31 heavy (non-hydrogen) atoms. The highest BCUT2D eigenvalue weighted by molar-refractivity contribution is 6.05. The summed E-state index contributed by atoms with van der Waals surface area (Å²) in [6.07, 6.45) is 5.34. The molecule has 3 N–H and O–H groups in total. The van der Waals surface area contributed by atoms with Crippen LogP contribution in [0.25, 0.3) is 22.1 Å². The highest BCUT2D eigenvalue weighted by Gasteiger charge is 2.17. The Balaban J connectivity index is 1.40. The highest BCUT2D eigenvalue weighted by atomic mass is 16.3. The van der Waals surface area contributed by atoms with Crippen molar-refractivity contribution in [2.45, 2.75) is 32.7 Å². The summed E-state index contributed by atoms with van der Waals surface area (Å²) >= 11 is 0. The number of nitrogens with zero attached hydrogens (tertiary/aromatic N) is 3. The van der Waals surface area contributed by atoms with Crippen LogP contribution in [0.4, 0.5) is 5.82 Å². The summed E-state index contributed by atoms with van der Waals surface area (Å²) in [6, 6.07) is 13.5. The summed E-state index contributed by atoms with van der Waals surface area (Å²) in [4.78, 5) is 10.2. The summed E-state index contributed by atoms with van der Waals surface area (Å²) in [6.45, 7) is 5.11. The van der Waals surface area contributed by atoms with E-state index in [0.29, 0.717) is 17.2 Å². The van der Waals surface area contributed by atoms with Gasteiger partial charge < -0.3 is 14.4 Å². The van der Waals surface area contributed by atoms with E-state index in [1.165, 1.54) is 43.6 Å². The summed E-state index contributed by atoms with van der Waals surface area (Å²) in [5.74, 6) is 0.875. The van der Waals surface area contributed by atoms with E-state index < -0.39 is 0 Å². The second-order valence-electron chi connectivity index (χ2n) is 8.14. The molecule has 1 fully saturated rings. The van der Waals surface area contributed by atoms with Crippen LogP contribution >= 0.6 is 0 Å². The number of furan rings is 1. The molecule has 0 saturated carbocycles. The zero-order valence-electron chi connectivity index (χ0n) is 17.6. The smallest absolute Gasteiger partial charge is 0.197 e. The zero-order valence-corrected chi connectivity index (χ0v) is 17.6. The number of fused-ring (bicyclic) bond motifs is 3. The molecule has 2 aromatic heterocycles. The van der Waals surface area contributed by atoms with Gasteiger partial charge in [-0.3, -0.25) is 5.43 Å². The van der Waals surface area contributed by atoms with E-state index in [4.69, 9.17) is 4.42 Å². The lowest BCUT2D eigenvalue weighted by atomic mass is 10.0. The molecular weight excluding hydrogens is 390 g/mol. The minimum atomic E-state index is 0.349. The van der Waals surface area contributed by atoms with Crippen molar-refractivity contribution in [3.05, 3.63) is 59.9 Å². The third-order valence-electron chi connectivity index (χ3n) is 5.99. The maximum atomic E-state index is 10.3. The molecule has 158 valence electrons. The van der Waals surface area contributed by atoms with Gasteiger partial charge in [-0.25, -0.2) is 9.97 Å². The van der Waals surface area contributed by atoms with E-state index in [0.717, 1.165) is 39.9 Å². The molecule has 0 radical (unpaired) electrons. The first-order valence-corrected chi connectivity index (χ1v) is 10.8. The van der Waals surface area contributed by atoms with Crippen molar-refractivity contribution in [3.8, 4) is 5.75 Å². The van der Waals surface area contributed by atoms with Gasteiger partial charge >= 0.3 is 0 Å². The first-order valence-electron chi connectivity index (χ1n) is 10.8. The molecule has 7 nitrogen and oxygen atoms in total. The second-order valence-corrected chi connectivity index (χ2v) is 8.14. The normalized spacial score (nSPS) is 15.6. The fourth-order valence-corrected chi connectivity index (χ4v) is 4.25. The van der Waals surface area contributed by atoms with Crippen LogP contribution in [0.1, 0.15) is 37.3 Å². The second kappa shape index (κ2) is 8.35. The largest absolute Gasteiger partial charge is 0.507 e. The Hall–Kier alpha value is -3.45. The molecule has 0 amide bonds. The number of hydrazone groups is 1. The molecule has 2 aromatic carbocycles. The molecular formula is C24H26N5O2+. The van der Waals surface area contributed by atoms with Crippen molar-refractivity contribution in [1.29, 1.82) is 0 Å². The van der Waals surface area contributed by atoms with E-state index in [1.54, 1.807) is 6.07 Å². The quantitative estimate of drug-likeness (QED) is 0.342. The van der Waals surface area contributed by atoms with Gasteiger partial charge in [-0.05, 0) is 62.1 Å². The van der Waals surface area contributed by atoms with Crippen molar-refractivity contribution in [1.82, 2.24) is 9.97 Å². The van der Waals surface area contributed by atoms with Gasteiger partial charge in [0.05, 0.1) is 18.8 Å². The highest BCUT2D eigenvalue weighted by Crippen LogP contribution is 2.30. The lowest BCUT2D eigenvalue weighted by molar-refractivity contribution is -0.918. The average Bonchev–Trinajstić information content (AvgIpc) is 3.19. The summed E-state index contributed by atoms with van der Waals surface area (Å²) < 4.78 is 5.95. The number of piperidine rings is 1. The predicted molar refractivity (Wildman–Crippen MR) is 122 cm³/mol. The van der Waals surface area contributed by atoms with E-state index in [-0.39, 0.29) is 0 Å². The topological polar surface area (TPSA) is 88.0 Å². The lowest BCUT2D eigenvalue weighted by Crippen LogP contribution is -3.11. The average molecular weight is 417 g/mol. The maximum absolute atomic E-state index is 10.3. The molecule has 1 aliphatic rings. The summed E-state index contributed by atoms with van der Waals surface area (Å²) in [7, 11) is 0. The molecule has 1 aliphatic heterocycles. The number of phenolic OH excluding ortho intramolecular Hbond substituents is 1. The van der Waals surface area contributed by atoms with Gasteiger partial charge in [0.25, 0.3) is 0 Å². The standard InChI is InChI=1S/C24H25N5O2/c1-16(17-9-10-20(30)18(13-17)14-29-11-5-2-6-12-29)27-28-24-23-22(25-15-26-24)19-7-3-4-8-21(19)31-23/h3-4,7-10,13,15,30H,2,5-6,11-12,14H2,1H3,(H,25,26,28)/p+1/b27-16+. The van der Waals surface area contributed by atoms with Crippen molar-refractivity contribution in [2.75, 3.05) is 18.5 Å². The minimum Gasteiger partial charge on any atom is -0.507 e. The van der Waals surface area contributed by atoms with Crippen LogP contribution < -0.4 is 10.3 Å². The molecule has 1 saturated heterocycles. The minimum absolute atomic E-state index is 0.349. The number of benzene rings is 2. The van der Waals surface area contributed by atoms with Crippen molar-refractivity contribution in [2.24, 2.45) is 5.10 Å². The Labute approximate surface area is 180 Å². The van der Waals surface area contributed by atoms with Crippen LogP contribution in [0.5, 0.6) is 5.75 Å². The predicted octanol–water partition coefficient (Wildman–Crippen LogP) is 3.49. The van der Waals surface area contributed by atoms with Crippen molar-refractivity contribution >= 4 is 33.6 Å².